The van der Waals surface area contributed by atoms with Gasteiger partial charge in [0.25, 0.3) is 0 Å². The quantitative estimate of drug-likeness (QED) is 0.820. The smallest absolute Gasteiger partial charge is 0.225 e. The van der Waals surface area contributed by atoms with Gasteiger partial charge in [-0.25, -0.2) is 4.39 Å². The first kappa shape index (κ1) is 19.0. The summed E-state index contributed by atoms with van der Waals surface area (Å²) in [7, 11) is 0. The molecule has 26 heavy (non-hydrogen) atoms. The van der Waals surface area contributed by atoms with Gasteiger partial charge in [0.05, 0.1) is 15.7 Å². The number of nitrogens with one attached hydrogen (secondary N) is 1. The Bertz CT molecular complexity index is 762. The van der Waals surface area contributed by atoms with Crippen molar-refractivity contribution in [1.82, 2.24) is 4.90 Å². The first-order valence-electron chi connectivity index (χ1n) is 8.49. The highest BCUT2D eigenvalue weighted by molar-refractivity contribution is 6.43. The van der Waals surface area contributed by atoms with Crippen LogP contribution in [-0.4, -0.2) is 43.5 Å². The molecule has 1 fully saturated rings. The highest BCUT2D eigenvalue weighted by Crippen LogP contribution is 2.29. The number of piperazine rings is 1. The van der Waals surface area contributed by atoms with Crippen LogP contribution in [-0.2, 0) is 4.79 Å². The summed E-state index contributed by atoms with van der Waals surface area (Å²) < 4.78 is 13.0. The molecular weight excluding hydrogens is 376 g/mol. The molecule has 0 bridgehead atoms. The second kappa shape index (κ2) is 8.71. The first-order valence-corrected chi connectivity index (χ1v) is 9.25. The van der Waals surface area contributed by atoms with Crippen molar-refractivity contribution in [1.29, 1.82) is 0 Å². The Labute approximate surface area is 162 Å². The van der Waals surface area contributed by atoms with Crippen molar-refractivity contribution >= 4 is 40.5 Å². The second-order valence-electron chi connectivity index (χ2n) is 6.20. The van der Waals surface area contributed by atoms with E-state index in [0.717, 1.165) is 31.9 Å². The number of carbonyl (C=O) groups is 1. The Balaban J connectivity index is 1.44. The summed E-state index contributed by atoms with van der Waals surface area (Å²) in [6, 6.07) is 11.7. The monoisotopic (exact) mass is 395 g/mol. The van der Waals surface area contributed by atoms with Gasteiger partial charge in [-0.15, -0.1) is 0 Å². The Hall–Kier alpha value is -1.82. The van der Waals surface area contributed by atoms with Gasteiger partial charge in [0.2, 0.25) is 5.91 Å². The number of rotatable bonds is 5. The fraction of sp³-hybridized carbons (Fsp3) is 0.316. The van der Waals surface area contributed by atoms with E-state index < -0.39 is 0 Å². The van der Waals surface area contributed by atoms with Gasteiger partial charge in [0, 0.05) is 44.8 Å². The predicted molar refractivity (Wildman–Crippen MR) is 105 cm³/mol. The molecule has 1 amide bonds. The molecule has 1 aliphatic heterocycles. The number of halogens is 3. The molecule has 0 aromatic heterocycles. The molecule has 1 N–H and O–H groups in total. The van der Waals surface area contributed by atoms with Gasteiger partial charge in [0.15, 0.2) is 0 Å². The average Bonchev–Trinajstić information content (AvgIpc) is 2.65. The maximum atomic E-state index is 13.0. The Morgan fingerprint density at radius 3 is 2.42 bits per heavy atom. The highest BCUT2D eigenvalue weighted by Gasteiger charge is 2.18. The molecule has 138 valence electrons. The van der Waals surface area contributed by atoms with E-state index in [2.05, 4.69) is 15.1 Å². The summed E-state index contributed by atoms with van der Waals surface area (Å²) in [5.74, 6) is -0.312. The number of hydrogen-bond donors (Lipinski definition) is 1. The van der Waals surface area contributed by atoms with E-state index in [1.54, 1.807) is 30.3 Å². The van der Waals surface area contributed by atoms with Crippen molar-refractivity contribution in [3.63, 3.8) is 0 Å². The fourth-order valence-electron chi connectivity index (χ4n) is 2.95. The van der Waals surface area contributed by atoms with Crippen LogP contribution in [0.1, 0.15) is 6.42 Å². The Morgan fingerprint density at radius 2 is 1.73 bits per heavy atom. The van der Waals surface area contributed by atoms with Crippen LogP contribution in [0.2, 0.25) is 10.0 Å². The van der Waals surface area contributed by atoms with Crippen molar-refractivity contribution in [3.05, 3.63) is 58.3 Å². The fourth-order valence-corrected chi connectivity index (χ4v) is 3.30. The lowest BCUT2D eigenvalue weighted by molar-refractivity contribution is -0.116. The topological polar surface area (TPSA) is 35.6 Å². The average molecular weight is 396 g/mol. The maximum absolute atomic E-state index is 13.0. The maximum Gasteiger partial charge on any atom is 0.225 e. The van der Waals surface area contributed by atoms with E-state index in [1.807, 2.05) is 0 Å². The number of nitrogens with zero attached hydrogens (tertiary/aromatic N) is 2. The second-order valence-corrected chi connectivity index (χ2v) is 6.99. The third kappa shape index (κ3) is 4.87. The van der Waals surface area contributed by atoms with E-state index in [9.17, 15) is 9.18 Å². The van der Waals surface area contributed by atoms with Crippen LogP contribution in [0.5, 0.6) is 0 Å². The van der Waals surface area contributed by atoms with Crippen LogP contribution < -0.4 is 10.2 Å². The minimum atomic E-state index is -0.224. The molecule has 2 aromatic carbocycles. The van der Waals surface area contributed by atoms with Crippen molar-refractivity contribution in [2.24, 2.45) is 0 Å². The summed E-state index contributed by atoms with van der Waals surface area (Å²) in [6.45, 7) is 4.12. The molecule has 2 aromatic rings. The standard InChI is InChI=1S/C19H20Cl2FN3O/c20-16-2-1-3-17(19(16)21)23-18(26)8-9-24-10-12-25(13-11-24)15-6-4-14(22)5-7-15/h1-7H,8-13H2,(H,23,26). The summed E-state index contributed by atoms with van der Waals surface area (Å²) in [5, 5.41) is 3.58. The molecule has 3 rings (SSSR count). The first-order chi connectivity index (χ1) is 12.5. The SMILES string of the molecule is O=C(CCN1CCN(c2ccc(F)cc2)CC1)Nc1cccc(Cl)c1Cl. The van der Waals surface area contributed by atoms with Gasteiger partial charge in [-0.3, -0.25) is 9.69 Å². The summed E-state index contributed by atoms with van der Waals surface area (Å²) >= 11 is 12.0. The van der Waals surface area contributed by atoms with Gasteiger partial charge in [0.1, 0.15) is 5.82 Å². The summed E-state index contributed by atoms with van der Waals surface area (Å²) in [4.78, 5) is 16.6. The zero-order valence-corrected chi connectivity index (χ0v) is 15.7. The van der Waals surface area contributed by atoms with E-state index in [1.165, 1.54) is 12.1 Å². The van der Waals surface area contributed by atoms with Crippen LogP contribution >= 0.6 is 23.2 Å². The van der Waals surface area contributed by atoms with Crippen molar-refractivity contribution in [3.8, 4) is 0 Å². The number of benzene rings is 2. The molecule has 0 unspecified atom stereocenters. The normalized spacial score (nSPS) is 15.1. The highest BCUT2D eigenvalue weighted by atomic mass is 35.5. The number of carbonyl (C=O) groups excluding carboxylic acids is 1. The third-order valence-corrected chi connectivity index (χ3v) is 5.26. The minimum Gasteiger partial charge on any atom is -0.369 e. The van der Waals surface area contributed by atoms with Crippen LogP contribution in [0.3, 0.4) is 0 Å². The van der Waals surface area contributed by atoms with Crippen molar-refractivity contribution < 1.29 is 9.18 Å². The number of amides is 1. The Morgan fingerprint density at radius 1 is 1.04 bits per heavy atom. The summed E-state index contributed by atoms with van der Waals surface area (Å²) in [6.07, 6.45) is 0.388. The van der Waals surface area contributed by atoms with Crippen molar-refractivity contribution in [2.45, 2.75) is 6.42 Å². The van der Waals surface area contributed by atoms with Gasteiger partial charge in [-0.05, 0) is 36.4 Å². The summed E-state index contributed by atoms with van der Waals surface area (Å²) in [5.41, 5.74) is 1.56. The number of hydrogen-bond acceptors (Lipinski definition) is 3. The van der Waals surface area contributed by atoms with Crippen LogP contribution in [0, 0.1) is 5.82 Å². The molecule has 1 saturated heterocycles. The zero-order valence-electron chi connectivity index (χ0n) is 14.2. The zero-order chi connectivity index (χ0) is 18.5. The molecule has 0 spiro atoms. The minimum absolute atomic E-state index is 0.0878. The van der Waals surface area contributed by atoms with Crippen molar-refractivity contribution in [2.75, 3.05) is 42.9 Å². The lowest BCUT2D eigenvalue weighted by atomic mass is 10.2. The van der Waals surface area contributed by atoms with Gasteiger partial charge >= 0.3 is 0 Å². The van der Waals surface area contributed by atoms with E-state index in [4.69, 9.17) is 23.2 Å². The number of anilines is 2. The third-order valence-electron chi connectivity index (χ3n) is 4.44. The van der Waals surface area contributed by atoms with E-state index >= 15 is 0 Å². The largest absolute Gasteiger partial charge is 0.369 e. The van der Waals surface area contributed by atoms with Crippen LogP contribution in [0.25, 0.3) is 0 Å². The molecule has 0 radical (unpaired) electrons. The van der Waals surface area contributed by atoms with E-state index in [0.29, 0.717) is 28.7 Å². The molecular formula is C19H20Cl2FN3O. The molecule has 0 aliphatic carbocycles. The molecule has 1 heterocycles. The predicted octanol–water partition coefficient (Wildman–Crippen LogP) is 4.28. The lowest BCUT2D eigenvalue weighted by Gasteiger charge is -2.36. The molecule has 1 aliphatic rings. The van der Waals surface area contributed by atoms with Gasteiger partial charge in [-0.1, -0.05) is 29.3 Å². The van der Waals surface area contributed by atoms with Crippen LogP contribution in [0.15, 0.2) is 42.5 Å². The van der Waals surface area contributed by atoms with Crippen LogP contribution in [0.4, 0.5) is 15.8 Å². The van der Waals surface area contributed by atoms with Gasteiger partial charge in [-0.2, -0.15) is 0 Å². The molecule has 7 heteroatoms. The van der Waals surface area contributed by atoms with E-state index in [-0.39, 0.29) is 11.7 Å². The molecule has 0 atom stereocenters. The van der Waals surface area contributed by atoms with Gasteiger partial charge < -0.3 is 10.2 Å². The molecule has 0 saturated carbocycles. The Kier molecular flexibility index (Phi) is 6.35. The lowest BCUT2D eigenvalue weighted by Crippen LogP contribution is -2.47. The molecule has 4 nitrogen and oxygen atoms in total.